The van der Waals surface area contributed by atoms with Crippen molar-refractivity contribution in [1.82, 2.24) is 30.6 Å². The first kappa shape index (κ1) is 32.7. The number of hydrogen-bond donors (Lipinski definition) is 3. The van der Waals surface area contributed by atoms with Crippen LogP contribution in [-0.4, -0.2) is 38.5 Å². The van der Waals surface area contributed by atoms with Crippen LogP contribution in [0, 0.1) is 11.8 Å². The van der Waals surface area contributed by atoms with Gasteiger partial charge in [0.1, 0.15) is 5.69 Å². The molecule has 0 fully saturated rings. The summed E-state index contributed by atoms with van der Waals surface area (Å²) in [5.74, 6) is -0.481. The lowest BCUT2D eigenvalue weighted by Crippen LogP contribution is -2.35. The number of nitrogens with two attached hydrogens (primary N) is 1. The Hall–Kier alpha value is -5.25. The Balaban J connectivity index is 1.44. The maximum Gasteiger partial charge on any atom is 0.223 e. The van der Waals surface area contributed by atoms with Crippen LogP contribution in [0.25, 0.3) is 0 Å². The number of hydrogen-bond acceptors (Lipinski definition) is 7. The van der Waals surface area contributed by atoms with Crippen molar-refractivity contribution in [3.8, 4) is 0 Å². The van der Waals surface area contributed by atoms with Gasteiger partial charge in [-0.3, -0.25) is 14.6 Å². The number of carbonyl (C=O) groups is 2. The maximum absolute atomic E-state index is 12.5. The highest BCUT2D eigenvalue weighted by atomic mass is 16.2. The van der Waals surface area contributed by atoms with E-state index >= 15 is 0 Å². The molecule has 234 valence electrons. The van der Waals surface area contributed by atoms with Crippen molar-refractivity contribution in [2.75, 3.05) is 0 Å². The minimum atomic E-state index is -0.500. The molecule has 0 radical (unpaired) electrons. The molecule has 1 heterocycles. The fraction of sp³-hybridized carbons (Fsp3) is 0.286. The summed E-state index contributed by atoms with van der Waals surface area (Å²) in [4.78, 5) is 25.1. The maximum atomic E-state index is 12.5. The molecule has 2 unspecified atom stereocenters. The molecular formula is C35H42N8O2. The van der Waals surface area contributed by atoms with E-state index in [-0.39, 0.29) is 23.7 Å². The van der Waals surface area contributed by atoms with E-state index < -0.39 is 12.1 Å². The fourth-order valence-corrected chi connectivity index (χ4v) is 4.63. The first-order chi connectivity index (χ1) is 21.6. The van der Waals surface area contributed by atoms with Crippen LogP contribution in [0.15, 0.2) is 108 Å². The van der Waals surface area contributed by atoms with Crippen LogP contribution in [0.1, 0.15) is 67.7 Å². The second kappa shape index (κ2) is 15.5. The van der Waals surface area contributed by atoms with Gasteiger partial charge >= 0.3 is 0 Å². The van der Waals surface area contributed by atoms with Crippen LogP contribution in [0.2, 0.25) is 0 Å². The third kappa shape index (κ3) is 9.12. The first-order valence-corrected chi connectivity index (χ1v) is 15.0. The zero-order valence-electron chi connectivity index (χ0n) is 26.3. The Labute approximate surface area is 265 Å². The highest BCUT2D eigenvalue weighted by Crippen LogP contribution is 2.22. The van der Waals surface area contributed by atoms with E-state index in [0.717, 1.165) is 22.3 Å². The van der Waals surface area contributed by atoms with Gasteiger partial charge in [-0.15, -0.1) is 5.10 Å². The minimum absolute atomic E-state index is 0.0513. The minimum Gasteiger partial charge on any atom is -0.399 e. The summed E-state index contributed by atoms with van der Waals surface area (Å²) in [7, 11) is 0. The summed E-state index contributed by atoms with van der Waals surface area (Å²) >= 11 is 0. The predicted octanol–water partition coefficient (Wildman–Crippen LogP) is 4.92. The van der Waals surface area contributed by atoms with E-state index in [1.165, 1.54) is 0 Å². The van der Waals surface area contributed by atoms with E-state index in [2.05, 4.69) is 32.8 Å². The molecule has 4 aromatic rings. The molecule has 0 bridgehead atoms. The molecule has 0 spiro atoms. The average molecular weight is 607 g/mol. The average Bonchev–Trinajstić information content (AvgIpc) is 3.51. The van der Waals surface area contributed by atoms with Crippen LogP contribution in [-0.2, 0) is 22.7 Å². The normalized spacial score (nSPS) is 12.9. The highest BCUT2D eigenvalue weighted by molar-refractivity contribution is 5.79. The van der Waals surface area contributed by atoms with Gasteiger partial charge in [-0.2, -0.15) is 5.10 Å². The summed E-state index contributed by atoms with van der Waals surface area (Å²) in [6.07, 6.45) is 3.57. The van der Waals surface area contributed by atoms with E-state index in [0.29, 0.717) is 24.5 Å². The predicted molar refractivity (Wildman–Crippen MR) is 176 cm³/mol. The highest BCUT2D eigenvalue weighted by Gasteiger charge is 2.22. The Morgan fingerprint density at radius 1 is 0.867 bits per heavy atom. The standard InChI is InChI=1S/C35H42N8O2/c1-24(2)34(44)38-32(28-12-8-6-9-13-28)30(36)22-42(37-5)20-26-16-18-27(19-17-26)21-43-23-31(40-41-43)33(39-35(45)25(3)4)29-14-10-7-11-15-29/h6-19,22-25,32-33H,5,20-21,36H2,1-4H3,(H,38,44)(H,39,45)/b30-22-. The first-order valence-electron chi connectivity index (χ1n) is 15.0. The molecule has 0 saturated heterocycles. The van der Waals surface area contributed by atoms with Gasteiger partial charge in [0.25, 0.3) is 0 Å². The second-order valence-corrected chi connectivity index (χ2v) is 11.5. The molecule has 1 aromatic heterocycles. The molecule has 0 aliphatic rings. The van der Waals surface area contributed by atoms with E-state index in [1.54, 1.807) is 15.9 Å². The third-order valence-electron chi connectivity index (χ3n) is 7.27. The second-order valence-electron chi connectivity index (χ2n) is 11.5. The molecular weight excluding hydrogens is 564 g/mol. The molecule has 10 heteroatoms. The van der Waals surface area contributed by atoms with Gasteiger partial charge in [-0.1, -0.05) is 118 Å². The van der Waals surface area contributed by atoms with Crippen molar-refractivity contribution < 1.29 is 9.59 Å². The number of rotatable bonds is 14. The number of hydrazone groups is 1. The van der Waals surface area contributed by atoms with Gasteiger partial charge < -0.3 is 16.4 Å². The summed E-state index contributed by atoms with van der Waals surface area (Å²) in [5.41, 5.74) is 11.5. The summed E-state index contributed by atoms with van der Waals surface area (Å²) in [6.45, 7) is 12.1. The van der Waals surface area contributed by atoms with Crippen LogP contribution < -0.4 is 16.4 Å². The third-order valence-corrected chi connectivity index (χ3v) is 7.27. The van der Waals surface area contributed by atoms with Crippen molar-refractivity contribution >= 4 is 18.5 Å². The summed E-state index contributed by atoms with van der Waals surface area (Å²) in [6, 6.07) is 26.5. The zero-order chi connectivity index (χ0) is 32.3. The van der Waals surface area contributed by atoms with Gasteiger partial charge in [0.15, 0.2) is 0 Å². The zero-order valence-corrected chi connectivity index (χ0v) is 26.3. The molecule has 4 N–H and O–H groups in total. The smallest absolute Gasteiger partial charge is 0.223 e. The van der Waals surface area contributed by atoms with Crippen molar-refractivity contribution in [2.24, 2.45) is 22.7 Å². The van der Waals surface area contributed by atoms with Crippen molar-refractivity contribution in [3.63, 3.8) is 0 Å². The van der Waals surface area contributed by atoms with Crippen LogP contribution >= 0.6 is 0 Å². The quantitative estimate of drug-likeness (QED) is 0.138. The van der Waals surface area contributed by atoms with Gasteiger partial charge in [0, 0.05) is 24.8 Å². The van der Waals surface area contributed by atoms with Crippen LogP contribution in [0.5, 0.6) is 0 Å². The number of aromatic nitrogens is 3. The fourth-order valence-electron chi connectivity index (χ4n) is 4.63. The van der Waals surface area contributed by atoms with Gasteiger partial charge in [-0.25, -0.2) is 4.68 Å². The van der Waals surface area contributed by atoms with Gasteiger partial charge in [0.05, 0.1) is 37.1 Å². The Bertz CT molecular complexity index is 1580. The van der Waals surface area contributed by atoms with E-state index in [9.17, 15) is 9.59 Å². The molecule has 45 heavy (non-hydrogen) atoms. The molecule has 3 aromatic carbocycles. The van der Waals surface area contributed by atoms with Gasteiger partial charge in [0.2, 0.25) is 11.8 Å². The molecule has 2 atom stereocenters. The lowest BCUT2D eigenvalue weighted by molar-refractivity contribution is -0.125. The van der Waals surface area contributed by atoms with E-state index in [1.807, 2.05) is 119 Å². The lowest BCUT2D eigenvalue weighted by atomic mass is 10.0. The number of nitrogens with one attached hydrogen (secondary N) is 2. The monoisotopic (exact) mass is 606 g/mol. The summed E-state index contributed by atoms with van der Waals surface area (Å²) < 4.78 is 1.76. The molecule has 2 amide bonds. The van der Waals surface area contributed by atoms with Crippen molar-refractivity contribution in [3.05, 3.63) is 131 Å². The van der Waals surface area contributed by atoms with Crippen LogP contribution in [0.3, 0.4) is 0 Å². The van der Waals surface area contributed by atoms with Crippen molar-refractivity contribution in [2.45, 2.75) is 52.9 Å². The van der Waals surface area contributed by atoms with E-state index in [4.69, 9.17) is 5.73 Å². The topological polar surface area (TPSA) is 131 Å². The number of nitrogens with zero attached hydrogens (tertiary/aromatic N) is 5. The Kier molecular flexibility index (Phi) is 11.2. The molecule has 0 saturated carbocycles. The summed E-state index contributed by atoms with van der Waals surface area (Å²) in [5, 5.41) is 20.6. The molecule has 10 nitrogen and oxygen atoms in total. The Morgan fingerprint density at radius 3 is 2.00 bits per heavy atom. The van der Waals surface area contributed by atoms with Crippen molar-refractivity contribution in [1.29, 1.82) is 0 Å². The lowest BCUT2D eigenvalue weighted by Gasteiger charge is -2.23. The SMILES string of the molecule is C=NN(/C=C(\N)C(NC(=O)C(C)C)c1ccccc1)Cc1ccc(Cn2cc(C(NC(=O)C(C)C)c3ccccc3)nn2)cc1. The largest absolute Gasteiger partial charge is 0.399 e. The Morgan fingerprint density at radius 2 is 1.42 bits per heavy atom. The molecule has 0 aliphatic carbocycles. The molecule has 4 rings (SSSR count). The molecule has 0 aliphatic heterocycles. The number of benzene rings is 3. The van der Waals surface area contributed by atoms with Crippen LogP contribution in [0.4, 0.5) is 0 Å². The number of carbonyl (C=O) groups excluding carboxylic acids is 2. The van der Waals surface area contributed by atoms with Gasteiger partial charge in [-0.05, 0) is 22.3 Å². The number of amides is 2.